The first kappa shape index (κ1) is 20.1. The van der Waals surface area contributed by atoms with Gasteiger partial charge in [0.1, 0.15) is 19.2 Å². The highest BCUT2D eigenvalue weighted by molar-refractivity contribution is 5.76. The average Bonchev–Trinajstić information content (AvgIpc) is 2.56. The maximum absolute atomic E-state index is 12.9. The number of hydrogen-bond donors (Lipinski definition) is 0. The molecule has 0 heterocycles. The van der Waals surface area contributed by atoms with Crippen LogP contribution in [0.4, 0.5) is 0 Å². The second kappa shape index (κ2) is 7.04. The van der Waals surface area contributed by atoms with E-state index in [1.165, 1.54) is 0 Å². The van der Waals surface area contributed by atoms with Gasteiger partial charge >= 0.3 is 5.97 Å². The number of hydrogen-bond acceptors (Lipinski definition) is 6. The van der Waals surface area contributed by atoms with Crippen LogP contribution in [0.3, 0.4) is 0 Å². The second-order valence-corrected chi connectivity index (χ2v) is 9.29. The van der Waals surface area contributed by atoms with Gasteiger partial charge in [0.15, 0.2) is 0 Å². The van der Waals surface area contributed by atoms with Gasteiger partial charge in [0.25, 0.3) is 0 Å². The van der Waals surface area contributed by atoms with Crippen LogP contribution in [0.5, 0.6) is 0 Å². The Hall–Kier alpha value is -0.690. The molecule has 150 valence electrons. The summed E-state index contributed by atoms with van der Waals surface area (Å²) in [6.07, 6.45) is 5.86. The van der Waals surface area contributed by atoms with Crippen LogP contribution in [-0.4, -0.2) is 50.6 Å². The Morgan fingerprint density at radius 2 is 1.38 bits per heavy atom. The Morgan fingerprint density at radius 3 is 1.85 bits per heavy atom. The fraction of sp³-hybridized carbons (Fsp3) is 0.950. The second-order valence-electron chi connectivity index (χ2n) is 9.29. The first-order chi connectivity index (χ1) is 12.2. The summed E-state index contributed by atoms with van der Waals surface area (Å²) in [5, 5.41) is 0. The summed E-state index contributed by atoms with van der Waals surface area (Å²) in [4.78, 5) is 12.9. The molecule has 4 bridgehead atoms. The third-order valence-electron chi connectivity index (χ3n) is 6.63. The van der Waals surface area contributed by atoms with Gasteiger partial charge in [-0.25, -0.2) is 0 Å². The molecule has 4 fully saturated rings. The first-order valence-electron chi connectivity index (χ1n) is 9.71. The van der Waals surface area contributed by atoms with Crippen LogP contribution in [0.1, 0.15) is 65.7 Å². The SMILES string of the molecule is CCC(C)(C)C(=O)OC12CC3CC(OCOC)(CC(OCOC)(C3)C1)C2. The molecule has 0 radical (unpaired) electrons. The minimum Gasteiger partial charge on any atom is -0.458 e. The normalized spacial score (nSPS) is 38.6. The third-order valence-corrected chi connectivity index (χ3v) is 6.63. The minimum absolute atomic E-state index is 0.120. The molecule has 0 aromatic heterocycles. The lowest BCUT2D eigenvalue weighted by Crippen LogP contribution is -2.68. The fourth-order valence-corrected chi connectivity index (χ4v) is 5.46. The zero-order chi connectivity index (χ0) is 19.1. The van der Waals surface area contributed by atoms with Gasteiger partial charge in [0.05, 0.1) is 16.6 Å². The van der Waals surface area contributed by atoms with E-state index < -0.39 is 11.0 Å². The molecule has 4 saturated carbocycles. The maximum atomic E-state index is 12.9. The van der Waals surface area contributed by atoms with Gasteiger partial charge in [-0.1, -0.05) is 6.92 Å². The smallest absolute Gasteiger partial charge is 0.312 e. The van der Waals surface area contributed by atoms with Crippen molar-refractivity contribution in [1.82, 2.24) is 0 Å². The number of carbonyl (C=O) groups excluding carboxylic acids is 1. The first-order valence-corrected chi connectivity index (χ1v) is 9.71. The van der Waals surface area contributed by atoms with Crippen molar-refractivity contribution in [3.63, 3.8) is 0 Å². The molecule has 4 aliphatic rings. The molecule has 0 aliphatic heterocycles. The predicted octanol–water partition coefficient (Wildman–Crippen LogP) is 3.42. The van der Waals surface area contributed by atoms with Gasteiger partial charge in [-0.15, -0.1) is 0 Å². The van der Waals surface area contributed by atoms with E-state index in [1.54, 1.807) is 14.2 Å². The van der Waals surface area contributed by atoms with E-state index in [0.29, 0.717) is 5.92 Å². The highest BCUT2D eigenvalue weighted by Gasteiger charge is 2.66. The topological polar surface area (TPSA) is 63.2 Å². The Balaban J connectivity index is 1.87. The molecule has 6 heteroatoms. The third kappa shape index (κ3) is 3.66. The molecule has 0 N–H and O–H groups in total. The van der Waals surface area contributed by atoms with Crippen LogP contribution >= 0.6 is 0 Å². The van der Waals surface area contributed by atoms with E-state index in [0.717, 1.165) is 44.9 Å². The number of carbonyl (C=O) groups is 1. The molecular weight excluding hydrogens is 336 g/mol. The monoisotopic (exact) mass is 370 g/mol. The molecule has 0 amide bonds. The van der Waals surface area contributed by atoms with Crippen molar-refractivity contribution in [2.75, 3.05) is 27.8 Å². The van der Waals surface area contributed by atoms with E-state index in [-0.39, 0.29) is 30.8 Å². The van der Waals surface area contributed by atoms with Crippen molar-refractivity contribution in [3.8, 4) is 0 Å². The highest BCUT2D eigenvalue weighted by atomic mass is 16.7. The summed E-state index contributed by atoms with van der Waals surface area (Å²) in [7, 11) is 3.27. The van der Waals surface area contributed by atoms with Crippen molar-refractivity contribution in [2.45, 2.75) is 82.5 Å². The van der Waals surface area contributed by atoms with Gasteiger partial charge in [-0.3, -0.25) is 4.79 Å². The highest BCUT2D eigenvalue weighted by Crippen LogP contribution is 2.63. The van der Waals surface area contributed by atoms with Crippen LogP contribution in [-0.2, 0) is 28.5 Å². The Bertz CT molecular complexity index is 506. The molecule has 4 rings (SSSR count). The lowest BCUT2D eigenvalue weighted by molar-refractivity contribution is -0.307. The standard InChI is InChI=1S/C20H34O6/c1-6-17(2,3)16(21)26-20-9-15-7-18(11-20,24-13-22-4)10-19(8-15,12-20)25-14-23-5/h15H,6-14H2,1-5H3. The van der Waals surface area contributed by atoms with Gasteiger partial charge in [0.2, 0.25) is 0 Å². The molecule has 2 unspecified atom stereocenters. The maximum Gasteiger partial charge on any atom is 0.312 e. The quantitative estimate of drug-likeness (QED) is 0.458. The number of rotatable bonds is 9. The molecule has 0 saturated heterocycles. The Morgan fingerprint density at radius 1 is 0.923 bits per heavy atom. The van der Waals surface area contributed by atoms with Crippen LogP contribution in [0.15, 0.2) is 0 Å². The summed E-state index contributed by atoms with van der Waals surface area (Å²) in [5.74, 6) is 0.309. The largest absolute Gasteiger partial charge is 0.458 e. The van der Waals surface area contributed by atoms with Gasteiger partial charge < -0.3 is 23.7 Å². The van der Waals surface area contributed by atoms with Crippen molar-refractivity contribution in [2.24, 2.45) is 11.3 Å². The van der Waals surface area contributed by atoms with Crippen LogP contribution in [0.2, 0.25) is 0 Å². The molecular formula is C20H34O6. The van der Waals surface area contributed by atoms with Gasteiger partial charge in [-0.05, 0) is 45.4 Å². The molecule has 6 nitrogen and oxygen atoms in total. The summed E-state index contributed by atoms with van der Waals surface area (Å²) in [5.41, 5.74) is -1.69. The molecule has 4 aliphatic carbocycles. The Kier molecular flexibility index (Phi) is 5.43. The number of methoxy groups -OCH3 is 2. The van der Waals surface area contributed by atoms with Crippen LogP contribution in [0, 0.1) is 11.3 Å². The summed E-state index contributed by atoms with van der Waals surface area (Å²) in [6.45, 7) is 6.41. The lowest BCUT2D eigenvalue weighted by atomic mass is 9.50. The molecule has 0 spiro atoms. The average molecular weight is 370 g/mol. The predicted molar refractivity (Wildman–Crippen MR) is 95.5 cm³/mol. The lowest BCUT2D eigenvalue weighted by Gasteiger charge is -2.64. The van der Waals surface area contributed by atoms with Crippen molar-refractivity contribution < 1.29 is 28.5 Å². The minimum atomic E-state index is -0.510. The summed E-state index contributed by atoms with van der Waals surface area (Å²) in [6, 6.07) is 0. The molecule has 26 heavy (non-hydrogen) atoms. The van der Waals surface area contributed by atoms with Crippen LogP contribution in [0.25, 0.3) is 0 Å². The zero-order valence-corrected chi connectivity index (χ0v) is 16.9. The number of esters is 1. The van der Waals surface area contributed by atoms with E-state index >= 15 is 0 Å². The van der Waals surface area contributed by atoms with E-state index in [1.807, 2.05) is 20.8 Å². The summed E-state index contributed by atoms with van der Waals surface area (Å²) < 4.78 is 29.0. The van der Waals surface area contributed by atoms with E-state index in [9.17, 15) is 4.79 Å². The molecule has 2 atom stereocenters. The van der Waals surface area contributed by atoms with Gasteiger partial charge in [0, 0.05) is 33.5 Å². The summed E-state index contributed by atoms with van der Waals surface area (Å²) >= 11 is 0. The fourth-order valence-electron chi connectivity index (χ4n) is 5.46. The Labute approximate surface area is 156 Å². The van der Waals surface area contributed by atoms with Crippen molar-refractivity contribution in [1.29, 1.82) is 0 Å². The van der Waals surface area contributed by atoms with E-state index in [4.69, 9.17) is 23.7 Å². The van der Waals surface area contributed by atoms with Gasteiger partial charge in [-0.2, -0.15) is 0 Å². The van der Waals surface area contributed by atoms with Crippen LogP contribution < -0.4 is 0 Å². The van der Waals surface area contributed by atoms with Crippen molar-refractivity contribution in [3.05, 3.63) is 0 Å². The molecule has 0 aromatic rings. The van der Waals surface area contributed by atoms with Crippen molar-refractivity contribution >= 4 is 5.97 Å². The van der Waals surface area contributed by atoms with E-state index in [2.05, 4.69) is 0 Å². The number of ether oxygens (including phenoxy) is 5. The zero-order valence-electron chi connectivity index (χ0n) is 16.9. The molecule has 0 aromatic carbocycles.